The summed E-state index contributed by atoms with van der Waals surface area (Å²) in [5.74, 6) is 1.54. The van der Waals surface area contributed by atoms with Crippen molar-refractivity contribution in [3.05, 3.63) is 0 Å². The molecular formula is C19H37N3O3. The first-order chi connectivity index (χ1) is 12.2. The van der Waals surface area contributed by atoms with Gasteiger partial charge in [0.25, 0.3) is 0 Å². The number of unbranched alkanes of at least 4 members (excludes halogenated alkanes) is 4. The second kappa shape index (κ2) is 13.9. The predicted molar refractivity (Wildman–Crippen MR) is 102 cm³/mol. The molecule has 0 aliphatic carbocycles. The summed E-state index contributed by atoms with van der Waals surface area (Å²) >= 11 is 0. The van der Waals surface area contributed by atoms with Crippen LogP contribution in [0.4, 0.5) is 0 Å². The van der Waals surface area contributed by atoms with Crippen molar-refractivity contribution in [1.29, 1.82) is 0 Å². The monoisotopic (exact) mass is 355 g/mol. The predicted octanol–water partition coefficient (Wildman–Crippen LogP) is 2.82. The Hall–Kier alpha value is -1.30. The molecule has 0 amide bonds. The Labute approximate surface area is 153 Å². The molecule has 146 valence electrons. The highest BCUT2D eigenvalue weighted by atomic mass is 16.5. The number of nitrogens with zero attached hydrogens (tertiary/aromatic N) is 2. The van der Waals surface area contributed by atoms with Crippen molar-refractivity contribution < 1.29 is 14.3 Å². The molecule has 1 aliphatic heterocycles. The van der Waals surface area contributed by atoms with Gasteiger partial charge in [-0.1, -0.05) is 19.3 Å². The van der Waals surface area contributed by atoms with E-state index >= 15 is 0 Å². The number of carbonyl (C=O) groups excluding carboxylic acids is 1. The van der Waals surface area contributed by atoms with Crippen molar-refractivity contribution in [2.75, 3.05) is 46.5 Å². The fourth-order valence-electron chi connectivity index (χ4n) is 3.00. The third kappa shape index (κ3) is 10.3. The van der Waals surface area contributed by atoms with Crippen molar-refractivity contribution in [3.63, 3.8) is 0 Å². The highest BCUT2D eigenvalue weighted by molar-refractivity contribution is 5.79. The molecule has 1 atom stereocenters. The van der Waals surface area contributed by atoms with Gasteiger partial charge in [-0.25, -0.2) is 0 Å². The van der Waals surface area contributed by atoms with Gasteiger partial charge in [0.05, 0.1) is 13.2 Å². The summed E-state index contributed by atoms with van der Waals surface area (Å²) in [5, 5.41) is 3.38. The van der Waals surface area contributed by atoms with E-state index in [2.05, 4.69) is 24.2 Å². The highest BCUT2D eigenvalue weighted by Crippen LogP contribution is 2.13. The zero-order valence-corrected chi connectivity index (χ0v) is 16.4. The second-order valence-electron chi connectivity index (χ2n) is 6.67. The molecule has 0 spiro atoms. The van der Waals surface area contributed by atoms with Gasteiger partial charge in [-0.05, 0) is 33.1 Å². The first-order valence-electron chi connectivity index (χ1n) is 9.90. The Morgan fingerprint density at radius 1 is 1.24 bits per heavy atom. The Kier molecular flexibility index (Phi) is 12.1. The van der Waals surface area contributed by atoms with Crippen LogP contribution < -0.4 is 5.32 Å². The van der Waals surface area contributed by atoms with E-state index in [0.717, 1.165) is 77.3 Å². The molecule has 0 radical (unpaired) electrons. The molecule has 1 heterocycles. The van der Waals surface area contributed by atoms with Gasteiger partial charge in [-0.15, -0.1) is 0 Å². The van der Waals surface area contributed by atoms with E-state index in [-0.39, 0.29) is 5.97 Å². The average molecular weight is 356 g/mol. The van der Waals surface area contributed by atoms with Crippen molar-refractivity contribution in [3.8, 4) is 0 Å². The molecule has 1 N–H and O–H groups in total. The smallest absolute Gasteiger partial charge is 0.305 e. The van der Waals surface area contributed by atoms with Crippen LogP contribution in [-0.2, 0) is 14.3 Å². The number of aliphatic imine (C=N–C) groups is 1. The van der Waals surface area contributed by atoms with Crippen molar-refractivity contribution in [1.82, 2.24) is 10.2 Å². The van der Waals surface area contributed by atoms with E-state index in [1.165, 1.54) is 0 Å². The molecule has 0 aromatic carbocycles. The fraction of sp³-hybridized carbons (Fsp3) is 0.895. The van der Waals surface area contributed by atoms with Gasteiger partial charge in [0.1, 0.15) is 0 Å². The third-order valence-electron chi connectivity index (χ3n) is 4.36. The lowest BCUT2D eigenvalue weighted by molar-refractivity contribution is -0.143. The van der Waals surface area contributed by atoms with E-state index in [1.54, 1.807) is 0 Å². The highest BCUT2D eigenvalue weighted by Gasteiger charge is 2.18. The number of ether oxygens (including phenoxy) is 2. The standard InChI is InChI=1S/C19H37N3O3/c1-4-20-19(22(3)15-17-12-14-24-16-17)21-13-10-8-6-7-9-11-18(23)25-5-2/h17H,4-16H2,1-3H3,(H,20,21). The van der Waals surface area contributed by atoms with E-state index in [4.69, 9.17) is 14.5 Å². The van der Waals surface area contributed by atoms with Crippen LogP contribution in [-0.4, -0.2) is 63.3 Å². The molecule has 25 heavy (non-hydrogen) atoms. The van der Waals surface area contributed by atoms with Crippen molar-refractivity contribution in [2.45, 2.75) is 58.8 Å². The number of hydrogen-bond acceptors (Lipinski definition) is 4. The Balaban J connectivity index is 2.14. The minimum absolute atomic E-state index is 0.0712. The van der Waals surface area contributed by atoms with E-state index in [9.17, 15) is 4.79 Å². The maximum atomic E-state index is 11.2. The first-order valence-corrected chi connectivity index (χ1v) is 9.90. The molecule has 1 rings (SSSR count). The topological polar surface area (TPSA) is 63.2 Å². The zero-order chi connectivity index (χ0) is 18.3. The lowest BCUT2D eigenvalue weighted by Gasteiger charge is -2.24. The maximum absolute atomic E-state index is 11.2. The van der Waals surface area contributed by atoms with Crippen molar-refractivity contribution in [2.24, 2.45) is 10.9 Å². The van der Waals surface area contributed by atoms with Crippen LogP contribution in [0.2, 0.25) is 0 Å². The van der Waals surface area contributed by atoms with Gasteiger partial charge in [-0.3, -0.25) is 9.79 Å². The summed E-state index contributed by atoms with van der Waals surface area (Å²) in [6, 6.07) is 0. The summed E-state index contributed by atoms with van der Waals surface area (Å²) in [6.07, 6.45) is 7.12. The number of rotatable bonds is 12. The molecule has 0 bridgehead atoms. The van der Waals surface area contributed by atoms with Gasteiger partial charge in [0.15, 0.2) is 5.96 Å². The first kappa shape index (κ1) is 21.7. The summed E-state index contributed by atoms with van der Waals surface area (Å²) in [5.41, 5.74) is 0. The lowest BCUT2D eigenvalue weighted by Crippen LogP contribution is -2.41. The van der Waals surface area contributed by atoms with Gasteiger partial charge >= 0.3 is 5.97 Å². The molecule has 1 aliphatic rings. The summed E-state index contributed by atoms with van der Waals surface area (Å²) in [6.45, 7) is 8.93. The molecule has 1 unspecified atom stereocenters. The Morgan fingerprint density at radius 3 is 2.68 bits per heavy atom. The van der Waals surface area contributed by atoms with Crippen LogP contribution in [0.3, 0.4) is 0 Å². The molecule has 0 aromatic rings. The summed E-state index contributed by atoms with van der Waals surface area (Å²) < 4.78 is 10.4. The molecule has 0 saturated carbocycles. The van der Waals surface area contributed by atoms with Crippen molar-refractivity contribution >= 4 is 11.9 Å². The van der Waals surface area contributed by atoms with Crippen LogP contribution in [0.5, 0.6) is 0 Å². The van der Waals surface area contributed by atoms with Crippen LogP contribution in [0.25, 0.3) is 0 Å². The van der Waals surface area contributed by atoms with Gasteiger partial charge in [-0.2, -0.15) is 0 Å². The molecular weight excluding hydrogens is 318 g/mol. The van der Waals surface area contributed by atoms with E-state index < -0.39 is 0 Å². The quantitative estimate of drug-likeness (QED) is 0.252. The van der Waals surface area contributed by atoms with Crippen LogP contribution >= 0.6 is 0 Å². The molecule has 1 saturated heterocycles. The number of hydrogen-bond donors (Lipinski definition) is 1. The molecule has 0 aromatic heterocycles. The fourth-order valence-corrected chi connectivity index (χ4v) is 3.00. The minimum Gasteiger partial charge on any atom is -0.466 e. The number of nitrogens with one attached hydrogen (secondary N) is 1. The van der Waals surface area contributed by atoms with Gasteiger partial charge in [0, 0.05) is 45.6 Å². The van der Waals surface area contributed by atoms with E-state index in [0.29, 0.717) is 18.9 Å². The largest absolute Gasteiger partial charge is 0.466 e. The maximum Gasteiger partial charge on any atom is 0.305 e. The SMILES string of the molecule is CCNC(=NCCCCCCCC(=O)OCC)N(C)CC1CCOC1. The Morgan fingerprint density at radius 2 is 2.00 bits per heavy atom. The minimum atomic E-state index is -0.0712. The summed E-state index contributed by atoms with van der Waals surface area (Å²) in [4.78, 5) is 18.2. The van der Waals surface area contributed by atoms with Gasteiger partial charge < -0.3 is 19.7 Å². The summed E-state index contributed by atoms with van der Waals surface area (Å²) in [7, 11) is 2.11. The average Bonchev–Trinajstić information content (AvgIpc) is 3.09. The normalized spacial score (nSPS) is 17.6. The molecule has 6 nitrogen and oxygen atoms in total. The number of guanidine groups is 1. The van der Waals surface area contributed by atoms with Crippen LogP contribution in [0, 0.1) is 5.92 Å². The number of esters is 1. The number of carbonyl (C=O) groups is 1. The third-order valence-corrected chi connectivity index (χ3v) is 4.36. The zero-order valence-electron chi connectivity index (χ0n) is 16.4. The molecule has 1 fully saturated rings. The second-order valence-corrected chi connectivity index (χ2v) is 6.67. The van der Waals surface area contributed by atoms with E-state index in [1.807, 2.05) is 6.92 Å². The molecule has 6 heteroatoms. The van der Waals surface area contributed by atoms with Crippen LogP contribution in [0.15, 0.2) is 4.99 Å². The van der Waals surface area contributed by atoms with Gasteiger partial charge in [0.2, 0.25) is 0 Å². The van der Waals surface area contributed by atoms with Crippen LogP contribution in [0.1, 0.15) is 58.8 Å². The lowest BCUT2D eigenvalue weighted by atomic mass is 10.1. The Bertz CT molecular complexity index is 382.